The molecule has 0 aromatic rings. The molecule has 6 atom stereocenters. The van der Waals surface area contributed by atoms with E-state index in [1.165, 1.54) is 173 Å². The quantitative estimate of drug-likeness (QED) is 0.107. The second-order valence-corrected chi connectivity index (χ2v) is 38.2. The van der Waals surface area contributed by atoms with Crippen LogP contribution in [0.5, 0.6) is 0 Å². The predicted molar refractivity (Wildman–Crippen MR) is 441 cm³/mol. The summed E-state index contributed by atoms with van der Waals surface area (Å²) in [5.74, 6) is 21.1. The Morgan fingerprint density at radius 3 is 0.862 bits per heavy atom. The monoisotopic (exact) mass is 1330 g/mol. The second kappa shape index (κ2) is 61.6. The lowest BCUT2D eigenvalue weighted by Crippen LogP contribution is -2.44. The number of rotatable bonds is 21. The van der Waals surface area contributed by atoms with Gasteiger partial charge in [0, 0.05) is 0 Å². The normalized spacial score (nSPS) is 26.2. The highest BCUT2D eigenvalue weighted by molar-refractivity contribution is 4.99. The fourth-order valence-corrected chi connectivity index (χ4v) is 16.4. The SMILES string of the molecule is CC(C)C(C)C.CC12CC3CC(CC(C3)C1)C2.CC1C2CC3CC(C2)CC1C3.CC1CCCC1.CC1CCCCC1.CCC(C)C(C)C(C)C.CCC(C)C(C)CC.CCCC(C)C.CCCC(C)CC.CCCCC(C)(C)C.CCCCC(C)C.CCCCC(C)CC. The Morgan fingerprint density at radius 1 is 0.340 bits per heavy atom. The zero-order valence-corrected chi connectivity index (χ0v) is 73.0. The van der Waals surface area contributed by atoms with Crippen molar-refractivity contribution in [2.75, 3.05) is 0 Å². The minimum Gasteiger partial charge on any atom is -0.0654 e. The summed E-state index contributed by atoms with van der Waals surface area (Å²) >= 11 is 0. The van der Waals surface area contributed by atoms with Crippen molar-refractivity contribution >= 4 is 0 Å². The van der Waals surface area contributed by atoms with Crippen molar-refractivity contribution in [3.63, 3.8) is 0 Å². The molecule has 0 saturated heterocycles. The molecule has 0 aromatic carbocycles. The standard InChI is InChI=1S/2C11H18.C9H20.3C8H18.C7H14.2C7H16.C6H12.2C6H14/c1-11-5-8-2-9(6-11)4-10(3-8)7-11;1-7-10-3-8-2-9(5-10)6-11(7)4-8;1-6-8(4)9(5)7(2)3;1-5-6-7-8(2,3)4;1-5-7(3)8(4)6-2;1-4-6-7-8(3)5-2;1-7-5-3-2-4-6-7;1-4-5-6-7(2)3;1-4-6-7(3)5-2;1-6-4-2-3-5-6;1-5(2)6(3)4;1-4-5-6(2)3/h8-10H,2-7H2,1H3;7-11H,2-6H2,1H3;7-9H,6H2,1-5H3;5-7H2,1-4H3;7-8H,5-6H2,1-4H3;8H,4-7H2,1-3H3;7H,2-6H2,1H3;2*7H,4-6H2,1-3H3;6H,2-5H2,1H3;5-6H,1-4H3;6H,4-5H2,1-3H3. The van der Waals surface area contributed by atoms with Crippen LogP contribution < -0.4 is 0 Å². The van der Waals surface area contributed by atoms with Crippen LogP contribution in [0.15, 0.2) is 0 Å². The third kappa shape index (κ3) is 57.6. The van der Waals surface area contributed by atoms with Crippen LogP contribution in [0.1, 0.15) is 472 Å². The molecule has 0 aromatic heterocycles. The molecule has 0 amide bonds. The molecule has 10 rings (SSSR count). The molecule has 572 valence electrons. The molecule has 10 fully saturated rings. The molecule has 10 aliphatic carbocycles. The zero-order chi connectivity index (χ0) is 73.0. The third-order valence-corrected chi connectivity index (χ3v) is 25.3. The van der Waals surface area contributed by atoms with Crippen molar-refractivity contribution in [3.8, 4) is 0 Å². The highest BCUT2D eigenvalue weighted by Gasteiger charge is 2.48. The van der Waals surface area contributed by atoms with Crippen LogP contribution in [-0.4, -0.2) is 0 Å². The fraction of sp³-hybridized carbons (Fsp3) is 1.00. The van der Waals surface area contributed by atoms with Gasteiger partial charge < -0.3 is 0 Å². The largest absolute Gasteiger partial charge is 0.0654 e. The smallest absolute Gasteiger partial charge is 0.0318 e. The molecule has 10 aliphatic rings. The van der Waals surface area contributed by atoms with E-state index in [4.69, 9.17) is 0 Å². The van der Waals surface area contributed by atoms with Gasteiger partial charge in [0.15, 0.2) is 0 Å². The van der Waals surface area contributed by atoms with Gasteiger partial charge in [0.05, 0.1) is 0 Å². The average molecular weight is 1330 g/mol. The zero-order valence-electron chi connectivity index (χ0n) is 73.0. The first-order valence-electron chi connectivity index (χ1n) is 44.0. The molecule has 10 saturated carbocycles. The van der Waals surface area contributed by atoms with E-state index in [2.05, 4.69) is 228 Å². The Hall–Kier alpha value is 0. The first kappa shape index (κ1) is 100. The van der Waals surface area contributed by atoms with Gasteiger partial charge in [0.1, 0.15) is 0 Å². The van der Waals surface area contributed by atoms with Crippen molar-refractivity contribution in [1.82, 2.24) is 0 Å². The number of hydrogen-bond donors (Lipinski definition) is 0. The molecule has 8 bridgehead atoms. The molecular weight excluding hydrogens is 1130 g/mol. The van der Waals surface area contributed by atoms with Crippen LogP contribution in [0.2, 0.25) is 0 Å². The minimum atomic E-state index is 0.552. The van der Waals surface area contributed by atoms with Crippen molar-refractivity contribution in [2.24, 2.45) is 135 Å². The molecule has 6 unspecified atom stereocenters. The van der Waals surface area contributed by atoms with E-state index >= 15 is 0 Å². The number of unbranched alkanes of at least 4 members (excludes halogenated alkanes) is 3. The molecule has 0 heteroatoms. The van der Waals surface area contributed by atoms with Crippen molar-refractivity contribution in [3.05, 3.63) is 0 Å². The van der Waals surface area contributed by atoms with Crippen molar-refractivity contribution in [1.29, 1.82) is 0 Å². The molecule has 0 nitrogen and oxygen atoms in total. The van der Waals surface area contributed by atoms with Gasteiger partial charge in [-0.25, -0.2) is 0 Å². The summed E-state index contributed by atoms with van der Waals surface area (Å²) < 4.78 is 0. The summed E-state index contributed by atoms with van der Waals surface area (Å²) in [6.45, 7) is 75.7. The average Bonchev–Trinajstić information content (AvgIpc) is 0.797. The maximum Gasteiger partial charge on any atom is -0.0318 e. The van der Waals surface area contributed by atoms with Crippen LogP contribution in [0.25, 0.3) is 0 Å². The van der Waals surface area contributed by atoms with E-state index in [0.717, 1.165) is 130 Å². The Labute approximate surface area is 604 Å². The summed E-state index contributed by atoms with van der Waals surface area (Å²) in [5.41, 5.74) is 1.35. The van der Waals surface area contributed by atoms with Gasteiger partial charge in [-0.3, -0.25) is 0 Å². The highest BCUT2D eigenvalue weighted by Crippen LogP contribution is 2.60. The van der Waals surface area contributed by atoms with E-state index in [1.54, 1.807) is 70.6 Å². The first-order valence-corrected chi connectivity index (χ1v) is 44.0. The van der Waals surface area contributed by atoms with Crippen molar-refractivity contribution < 1.29 is 0 Å². The van der Waals surface area contributed by atoms with Crippen LogP contribution >= 0.6 is 0 Å². The lowest BCUT2D eigenvalue weighted by molar-refractivity contribution is -0.0411. The summed E-state index contributed by atoms with van der Waals surface area (Å²) in [6.07, 6.45) is 55.3. The van der Waals surface area contributed by atoms with Gasteiger partial charge in [-0.1, -0.05) is 395 Å². The summed E-state index contributed by atoms with van der Waals surface area (Å²) in [4.78, 5) is 0. The van der Waals surface area contributed by atoms with Crippen LogP contribution in [0.3, 0.4) is 0 Å². The maximum absolute atomic E-state index is 2.54. The number of hydrogen-bond acceptors (Lipinski definition) is 0. The van der Waals surface area contributed by atoms with Gasteiger partial charge in [-0.15, -0.1) is 0 Å². The Balaban J connectivity index is -0.000000473. The summed E-state index contributed by atoms with van der Waals surface area (Å²) in [5, 5.41) is 0. The molecule has 0 radical (unpaired) electrons. The summed E-state index contributed by atoms with van der Waals surface area (Å²) in [7, 11) is 0. The van der Waals surface area contributed by atoms with E-state index in [-0.39, 0.29) is 0 Å². The molecule has 0 spiro atoms. The molecule has 94 heavy (non-hydrogen) atoms. The predicted octanol–water partition coefficient (Wildman–Crippen LogP) is 34.3. The van der Waals surface area contributed by atoms with Gasteiger partial charge in [0.25, 0.3) is 0 Å². The Kier molecular flexibility index (Phi) is 65.8. The molecular formula is C94H196. The second-order valence-electron chi connectivity index (χ2n) is 38.2. The van der Waals surface area contributed by atoms with Crippen LogP contribution in [0, 0.1) is 135 Å². The molecule has 0 N–H and O–H groups in total. The lowest BCUT2D eigenvalue weighted by atomic mass is 9.50. The Morgan fingerprint density at radius 2 is 0.670 bits per heavy atom. The first-order chi connectivity index (χ1) is 44.0. The van der Waals surface area contributed by atoms with Gasteiger partial charge in [-0.2, -0.15) is 0 Å². The molecule has 0 aliphatic heterocycles. The lowest BCUT2D eigenvalue weighted by Gasteiger charge is -2.55. The van der Waals surface area contributed by atoms with E-state index in [1.807, 2.05) is 0 Å². The van der Waals surface area contributed by atoms with Gasteiger partial charge in [-0.05, 0) is 212 Å². The Bertz CT molecular complexity index is 1420. The topological polar surface area (TPSA) is 0 Å². The third-order valence-electron chi connectivity index (χ3n) is 25.3. The van der Waals surface area contributed by atoms with E-state index < -0.39 is 0 Å². The van der Waals surface area contributed by atoms with Crippen LogP contribution in [0.4, 0.5) is 0 Å². The maximum atomic E-state index is 2.54. The van der Waals surface area contributed by atoms with E-state index in [0.29, 0.717) is 5.41 Å². The molecule has 0 heterocycles. The van der Waals surface area contributed by atoms with Crippen LogP contribution in [-0.2, 0) is 0 Å². The summed E-state index contributed by atoms with van der Waals surface area (Å²) in [6, 6.07) is 0. The van der Waals surface area contributed by atoms with Crippen molar-refractivity contribution in [2.45, 2.75) is 472 Å². The highest BCUT2D eigenvalue weighted by atomic mass is 14.5. The van der Waals surface area contributed by atoms with E-state index in [9.17, 15) is 0 Å². The van der Waals surface area contributed by atoms with Gasteiger partial charge >= 0.3 is 0 Å². The fourth-order valence-electron chi connectivity index (χ4n) is 16.4. The van der Waals surface area contributed by atoms with Gasteiger partial charge in [0.2, 0.25) is 0 Å². The minimum absolute atomic E-state index is 0.552.